The molecule has 4 heteroatoms. The predicted molar refractivity (Wildman–Crippen MR) is 74.5 cm³/mol. The molecule has 0 bridgehead atoms. The molecule has 0 aromatic carbocycles. The molecule has 0 saturated heterocycles. The van der Waals surface area contributed by atoms with E-state index in [1.807, 2.05) is 13.2 Å². The summed E-state index contributed by atoms with van der Waals surface area (Å²) in [6, 6.07) is 2.56. The van der Waals surface area contributed by atoms with Gasteiger partial charge in [-0.1, -0.05) is 0 Å². The van der Waals surface area contributed by atoms with Crippen molar-refractivity contribution in [1.29, 1.82) is 0 Å². The van der Waals surface area contributed by atoms with Crippen LogP contribution in [0.2, 0.25) is 0 Å². The summed E-state index contributed by atoms with van der Waals surface area (Å²) in [6.07, 6.45) is 3.04. The fourth-order valence-corrected chi connectivity index (χ4v) is 3.00. The van der Waals surface area contributed by atoms with E-state index >= 15 is 0 Å². The van der Waals surface area contributed by atoms with Crippen molar-refractivity contribution in [3.05, 3.63) is 22.4 Å². The first-order valence-electron chi connectivity index (χ1n) is 5.49. The number of rotatable bonds is 7. The zero-order valence-corrected chi connectivity index (χ0v) is 11.8. The number of nitrogens with one attached hydrogen (secondary N) is 1. The number of thiophene rings is 1. The Kier molecular flexibility index (Phi) is 5.83. The van der Waals surface area contributed by atoms with Gasteiger partial charge in [0.1, 0.15) is 0 Å². The van der Waals surface area contributed by atoms with E-state index < -0.39 is 5.60 Å². The lowest BCUT2D eigenvalue weighted by Gasteiger charge is -2.25. The summed E-state index contributed by atoms with van der Waals surface area (Å²) in [7, 11) is 0. The van der Waals surface area contributed by atoms with Crippen LogP contribution in [0.15, 0.2) is 16.8 Å². The molecule has 1 rings (SSSR count). The maximum absolute atomic E-state index is 10.0. The molecule has 0 amide bonds. The third-order valence-corrected chi connectivity index (χ3v) is 4.05. The summed E-state index contributed by atoms with van der Waals surface area (Å²) in [5, 5.41) is 17.7. The van der Waals surface area contributed by atoms with E-state index in [4.69, 9.17) is 0 Å². The van der Waals surface area contributed by atoms with Crippen LogP contribution in [0.1, 0.15) is 19.4 Å². The van der Waals surface area contributed by atoms with E-state index in [0.717, 1.165) is 12.2 Å². The molecule has 2 nitrogen and oxygen atoms in total. The minimum Gasteiger partial charge on any atom is -0.388 e. The molecular weight excluding hydrogens is 238 g/mol. The van der Waals surface area contributed by atoms with E-state index in [1.54, 1.807) is 23.1 Å². The summed E-state index contributed by atoms with van der Waals surface area (Å²) in [5.41, 5.74) is 0.761. The van der Waals surface area contributed by atoms with Crippen LogP contribution in [0.5, 0.6) is 0 Å². The summed E-state index contributed by atoms with van der Waals surface area (Å²) < 4.78 is 0. The van der Waals surface area contributed by atoms with Crippen LogP contribution in [0.25, 0.3) is 0 Å². The van der Waals surface area contributed by atoms with Crippen molar-refractivity contribution < 1.29 is 5.11 Å². The first kappa shape index (κ1) is 14.0. The Morgan fingerprint density at radius 2 is 2.38 bits per heavy atom. The zero-order chi connectivity index (χ0) is 12.0. The van der Waals surface area contributed by atoms with E-state index in [2.05, 4.69) is 29.1 Å². The molecule has 2 atom stereocenters. The molecule has 1 aromatic rings. The molecule has 0 aliphatic heterocycles. The molecule has 2 N–H and O–H groups in total. The van der Waals surface area contributed by atoms with Crippen molar-refractivity contribution >= 4 is 23.1 Å². The van der Waals surface area contributed by atoms with Crippen LogP contribution in [0, 0.1) is 0 Å². The van der Waals surface area contributed by atoms with Gasteiger partial charge in [0, 0.05) is 18.3 Å². The van der Waals surface area contributed by atoms with Gasteiger partial charge in [-0.05, 0) is 48.9 Å². The maximum Gasteiger partial charge on any atom is 0.0833 e. The second-order valence-corrected chi connectivity index (χ2v) is 6.19. The van der Waals surface area contributed by atoms with Crippen LogP contribution in [0.3, 0.4) is 0 Å². The molecule has 1 aromatic heterocycles. The van der Waals surface area contributed by atoms with E-state index in [1.165, 1.54) is 5.56 Å². The largest absolute Gasteiger partial charge is 0.388 e. The van der Waals surface area contributed by atoms with Gasteiger partial charge in [-0.15, -0.1) is 0 Å². The first-order chi connectivity index (χ1) is 7.53. The Morgan fingerprint density at radius 1 is 1.62 bits per heavy atom. The zero-order valence-electron chi connectivity index (χ0n) is 10.2. The highest BCUT2D eigenvalue weighted by atomic mass is 32.2. The van der Waals surface area contributed by atoms with Crippen molar-refractivity contribution in [3.63, 3.8) is 0 Å². The fourth-order valence-electron chi connectivity index (χ4n) is 1.59. The highest BCUT2D eigenvalue weighted by Crippen LogP contribution is 2.11. The van der Waals surface area contributed by atoms with Crippen molar-refractivity contribution in [2.45, 2.75) is 31.9 Å². The Morgan fingerprint density at radius 3 is 2.94 bits per heavy atom. The van der Waals surface area contributed by atoms with Gasteiger partial charge in [-0.2, -0.15) is 23.1 Å². The molecule has 0 aliphatic carbocycles. The molecule has 0 spiro atoms. The van der Waals surface area contributed by atoms with Crippen molar-refractivity contribution in [2.75, 3.05) is 18.6 Å². The van der Waals surface area contributed by atoms with Crippen molar-refractivity contribution in [1.82, 2.24) is 5.32 Å². The summed E-state index contributed by atoms with van der Waals surface area (Å²) in [4.78, 5) is 0. The van der Waals surface area contributed by atoms with Gasteiger partial charge in [-0.3, -0.25) is 0 Å². The topological polar surface area (TPSA) is 32.3 Å². The number of aliphatic hydroxyl groups is 1. The van der Waals surface area contributed by atoms with Gasteiger partial charge in [-0.25, -0.2) is 0 Å². The minimum atomic E-state index is -0.609. The van der Waals surface area contributed by atoms with Gasteiger partial charge in [0.15, 0.2) is 0 Å². The number of hydrogen-bond donors (Lipinski definition) is 2. The third kappa shape index (κ3) is 5.34. The third-order valence-electron chi connectivity index (χ3n) is 2.41. The monoisotopic (exact) mass is 259 g/mol. The lowest BCUT2D eigenvalue weighted by molar-refractivity contribution is 0.0820. The van der Waals surface area contributed by atoms with Gasteiger partial charge in [0.25, 0.3) is 0 Å². The number of hydrogen-bond acceptors (Lipinski definition) is 4. The smallest absolute Gasteiger partial charge is 0.0833 e. The molecule has 0 radical (unpaired) electrons. The van der Waals surface area contributed by atoms with Crippen LogP contribution in [-0.4, -0.2) is 35.3 Å². The highest BCUT2D eigenvalue weighted by Gasteiger charge is 2.19. The van der Waals surface area contributed by atoms with Gasteiger partial charge < -0.3 is 10.4 Å². The lowest BCUT2D eigenvalue weighted by Crippen LogP contribution is -2.43. The molecule has 1 heterocycles. The summed E-state index contributed by atoms with van der Waals surface area (Å²) >= 11 is 3.41. The molecule has 0 fully saturated rings. The molecule has 0 saturated carbocycles. The Labute approximate surface area is 106 Å². The van der Waals surface area contributed by atoms with Gasteiger partial charge in [0.2, 0.25) is 0 Å². The van der Waals surface area contributed by atoms with Crippen molar-refractivity contribution in [3.8, 4) is 0 Å². The molecule has 2 unspecified atom stereocenters. The van der Waals surface area contributed by atoms with E-state index in [-0.39, 0.29) is 0 Å². The van der Waals surface area contributed by atoms with E-state index in [9.17, 15) is 5.11 Å². The van der Waals surface area contributed by atoms with Crippen LogP contribution in [0.4, 0.5) is 0 Å². The second kappa shape index (κ2) is 6.64. The second-order valence-electron chi connectivity index (χ2n) is 4.55. The van der Waals surface area contributed by atoms with Crippen molar-refractivity contribution in [2.24, 2.45) is 0 Å². The maximum atomic E-state index is 10.0. The normalized spacial score (nSPS) is 17.0. The summed E-state index contributed by atoms with van der Waals surface area (Å²) in [5.74, 6) is 0.769. The number of thioether (sulfide) groups is 1. The molecule has 0 aliphatic rings. The predicted octanol–water partition coefficient (Wildman–Crippen LogP) is 2.38. The fraction of sp³-hybridized carbons (Fsp3) is 0.667. The Bertz CT molecular complexity index is 285. The molecular formula is C12H21NOS2. The SMILES string of the molecule is CSCC(C)(O)CNC(C)Cc1ccsc1. The quantitative estimate of drug-likeness (QED) is 0.788. The average Bonchev–Trinajstić information content (AvgIpc) is 2.68. The summed E-state index contributed by atoms with van der Waals surface area (Å²) in [6.45, 7) is 4.69. The lowest BCUT2D eigenvalue weighted by atomic mass is 10.1. The standard InChI is InChI=1S/C12H21NOS2/c1-10(6-11-4-5-16-7-11)13-8-12(2,14)9-15-3/h4-5,7,10,13-14H,6,8-9H2,1-3H3. The molecule has 16 heavy (non-hydrogen) atoms. The van der Waals surface area contributed by atoms with Crippen LogP contribution < -0.4 is 5.32 Å². The van der Waals surface area contributed by atoms with Gasteiger partial charge in [0.05, 0.1) is 5.60 Å². The Balaban J connectivity index is 2.27. The minimum absolute atomic E-state index is 0.405. The van der Waals surface area contributed by atoms with Crippen LogP contribution >= 0.6 is 23.1 Å². The molecule has 92 valence electrons. The first-order valence-corrected chi connectivity index (χ1v) is 7.83. The highest BCUT2D eigenvalue weighted by molar-refractivity contribution is 7.98. The Hall–Kier alpha value is -0.0300. The van der Waals surface area contributed by atoms with Gasteiger partial charge >= 0.3 is 0 Å². The average molecular weight is 259 g/mol. The van der Waals surface area contributed by atoms with E-state index in [0.29, 0.717) is 12.6 Å². The van der Waals surface area contributed by atoms with Crippen LogP contribution in [-0.2, 0) is 6.42 Å².